The molecular formula is C15H17FN2O2S. The molecule has 3 rings (SSSR count). The summed E-state index contributed by atoms with van der Waals surface area (Å²) in [7, 11) is 0. The molecule has 0 spiro atoms. The number of hydrogen-bond donors (Lipinski definition) is 1. The smallest absolute Gasteiger partial charge is 0.276 e. The molecule has 0 bridgehead atoms. The molecule has 1 heterocycles. The van der Waals surface area contributed by atoms with Gasteiger partial charge in [-0.1, -0.05) is 36.7 Å². The normalized spacial score (nSPS) is 22.4. The Bertz CT molecular complexity index is 605. The minimum Gasteiger partial charge on any atom is -0.416 e. The lowest BCUT2D eigenvalue weighted by Gasteiger charge is -2.25. The fourth-order valence-corrected chi connectivity index (χ4v) is 3.59. The van der Waals surface area contributed by atoms with Crippen LogP contribution in [0.4, 0.5) is 4.39 Å². The standard InChI is InChI=1S/C15H17FN2O2S/c16-11-5-3-4-10(8-11)9-14-17-18-15(20-14)21-13-7-2-1-6-12(13)19/h3-5,8,12-13,19H,1-2,6-7,9H2. The summed E-state index contributed by atoms with van der Waals surface area (Å²) in [5.74, 6) is 0.195. The van der Waals surface area contributed by atoms with Crippen LogP contribution in [0.25, 0.3) is 0 Å². The molecule has 1 aromatic carbocycles. The third-order valence-corrected chi connectivity index (χ3v) is 4.83. The second kappa shape index (κ2) is 6.58. The van der Waals surface area contributed by atoms with Crippen LogP contribution in [0.3, 0.4) is 0 Å². The van der Waals surface area contributed by atoms with Gasteiger partial charge in [0, 0.05) is 5.25 Å². The number of aliphatic hydroxyl groups excluding tert-OH is 1. The van der Waals surface area contributed by atoms with E-state index < -0.39 is 0 Å². The molecule has 4 nitrogen and oxygen atoms in total. The summed E-state index contributed by atoms with van der Waals surface area (Å²) in [5, 5.41) is 18.6. The molecule has 1 fully saturated rings. The van der Waals surface area contributed by atoms with Gasteiger partial charge in [-0.05, 0) is 30.5 Å². The predicted molar refractivity (Wildman–Crippen MR) is 77.6 cm³/mol. The van der Waals surface area contributed by atoms with Gasteiger partial charge in [0.2, 0.25) is 5.89 Å². The first-order chi connectivity index (χ1) is 10.2. The highest BCUT2D eigenvalue weighted by Crippen LogP contribution is 2.33. The lowest BCUT2D eigenvalue weighted by Crippen LogP contribution is -2.26. The number of rotatable bonds is 4. The fourth-order valence-electron chi connectivity index (χ4n) is 2.52. The Morgan fingerprint density at radius 3 is 2.95 bits per heavy atom. The monoisotopic (exact) mass is 308 g/mol. The van der Waals surface area contributed by atoms with Crippen LogP contribution in [-0.2, 0) is 6.42 Å². The zero-order valence-corrected chi connectivity index (χ0v) is 12.4. The van der Waals surface area contributed by atoms with Crippen molar-refractivity contribution in [3.05, 3.63) is 41.5 Å². The Kier molecular flexibility index (Phi) is 4.55. The summed E-state index contributed by atoms with van der Waals surface area (Å²) in [6.07, 6.45) is 4.11. The zero-order valence-electron chi connectivity index (χ0n) is 11.5. The largest absolute Gasteiger partial charge is 0.416 e. The van der Waals surface area contributed by atoms with Gasteiger partial charge in [-0.15, -0.1) is 10.2 Å². The summed E-state index contributed by atoms with van der Waals surface area (Å²) in [6, 6.07) is 6.35. The highest BCUT2D eigenvalue weighted by molar-refractivity contribution is 7.99. The van der Waals surface area contributed by atoms with Gasteiger partial charge < -0.3 is 9.52 Å². The first-order valence-electron chi connectivity index (χ1n) is 7.12. The molecule has 0 aliphatic heterocycles. The zero-order chi connectivity index (χ0) is 14.7. The summed E-state index contributed by atoms with van der Waals surface area (Å²) >= 11 is 1.44. The van der Waals surface area contributed by atoms with Gasteiger partial charge in [-0.25, -0.2) is 4.39 Å². The first kappa shape index (κ1) is 14.5. The highest BCUT2D eigenvalue weighted by atomic mass is 32.2. The number of benzene rings is 1. The molecule has 6 heteroatoms. The van der Waals surface area contributed by atoms with Crippen molar-refractivity contribution >= 4 is 11.8 Å². The van der Waals surface area contributed by atoms with Crippen molar-refractivity contribution in [1.82, 2.24) is 10.2 Å². The van der Waals surface area contributed by atoms with E-state index in [1.807, 2.05) is 6.07 Å². The Balaban J connectivity index is 1.63. The van der Waals surface area contributed by atoms with Crippen LogP contribution in [0.2, 0.25) is 0 Å². The molecule has 1 aliphatic carbocycles. The maximum Gasteiger partial charge on any atom is 0.276 e. The van der Waals surface area contributed by atoms with E-state index in [1.165, 1.54) is 23.9 Å². The van der Waals surface area contributed by atoms with E-state index in [9.17, 15) is 9.50 Å². The summed E-state index contributed by atoms with van der Waals surface area (Å²) in [6.45, 7) is 0. The van der Waals surface area contributed by atoms with E-state index in [1.54, 1.807) is 6.07 Å². The molecule has 21 heavy (non-hydrogen) atoms. The van der Waals surface area contributed by atoms with E-state index in [-0.39, 0.29) is 17.2 Å². The van der Waals surface area contributed by atoms with Crippen LogP contribution in [0.1, 0.15) is 37.1 Å². The molecule has 0 amide bonds. The Labute approximate surface area is 126 Å². The van der Waals surface area contributed by atoms with E-state index in [0.717, 1.165) is 31.2 Å². The number of aliphatic hydroxyl groups is 1. The lowest BCUT2D eigenvalue weighted by atomic mass is 9.97. The van der Waals surface area contributed by atoms with Crippen molar-refractivity contribution in [2.45, 2.75) is 48.7 Å². The molecule has 1 aliphatic rings. The minimum atomic E-state index is -0.303. The van der Waals surface area contributed by atoms with Crippen LogP contribution in [-0.4, -0.2) is 26.7 Å². The van der Waals surface area contributed by atoms with Gasteiger partial charge in [0.25, 0.3) is 5.22 Å². The van der Waals surface area contributed by atoms with Crippen LogP contribution >= 0.6 is 11.8 Å². The second-order valence-corrected chi connectivity index (χ2v) is 6.47. The maximum absolute atomic E-state index is 13.1. The third-order valence-electron chi connectivity index (χ3n) is 3.61. The lowest BCUT2D eigenvalue weighted by molar-refractivity contribution is 0.136. The minimum absolute atomic E-state index is 0.126. The Hall–Kier alpha value is -1.40. The predicted octanol–water partition coefficient (Wildman–Crippen LogP) is 3.20. The van der Waals surface area contributed by atoms with Crippen molar-refractivity contribution in [1.29, 1.82) is 0 Å². The average Bonchev–Trinajstić information content (AvgIpc) is 2.89. The van der Waals surface area contributed by atoms with Gasteiger partial charge >= 0.3 is 0 Å². The van der Waals surface area contributed by atoms with Crippen LogP contribution in [0.15, 0.2) is 33.9 Å². The molecule has 1 aromatic heterocycles. The van der Waals surface area contributed by atoms with E-state index in [2.05, 4.69) is 10.2 Å². The molecule has 2 atom stereocenters. The van der Waals surface area contributed by atoms with Crippen molar-refractivity contribution in [3.63, 3.8) is 0 Å². The van der Waals surface area contributed by atoms with E-state index in [4.69, 9.17) is 4.42 Å². The first-order valence-corrected chi connectivity index (χ1v) is 8.00. The van der Waals surface area contributed by atoms with Gasteiger partial charge in [-0.2, -0.15) is 0 Å². The number of halogens is 1. The Morgan fingerprint density at radius 2 is 2.14 bits per heavy atom. The van der Waals surface area contributed by atoms with Crippen molar-refractivity contribution < 1.29 is 13.9 Å². The van der Waals surface area contributed by atoms with Crippen LogP contribution in [0.5, 0.6) is 0 Å². The van der Waals surface area contributed by atoms with Crippen molar-refractivity contribution in [2.75, 3.05) is 0 Å². The maximum atomic E-state index is 13.1. The average molecular weight is 308 g/mol. The molecule has 1 N–H and O–H groups in total. The summed E-state index contributed by atoms with van der Waals surface area (Å²) in [4.78, 5) is 0. The molecule has 0 saturated heterocycles. The van der Waals surface area contributed by atoms with Crippen molar-refractivity contribution in [3.8, 4) is 0 Å². The molecule has 1 saturated carbocycles. The summed E-state index contributed by atoms with van der Waals surface area (Å²) in [5.41, 5.74) is 0.799. The fraction of sp³-hybridized carbons (Fsp3) is 0.467. The third kappa shape index (κ3) is 3.83. The number of aromatic nitrogens is 2. The van der Waals surface area contributed by atoms with E-state index in [0.29, 0.717) is 17.5 Å². The van der Waals surface area contributed by atoms with E-state index >= 15 is 0 Å². The van der Waals surface area contributed by atoms with Gasteiger partial charge in [0.1, 0.15) is 5.82 Å². The molecule has 112 valence electrons. The molecule has 2 unspecified atom stereocenters. The van der Waals surface area contributed by atoms with Gasteiger partial charge in [-0.3, -0.25) is 0 Å². The molecule has 0 radical (unpaired) electrons. The van der Waals surface area contributed by atoms with Gasteiger partial charge in [0.15, 0.2) is 0 Å². The summed E-state index contributed by atoms with van der Waals surface area (Å²) < 4.78 is 18.7. The quantitative estimate of drug-likeness (QED) is 0.940. The van der Waals surface area contributed by atoms with Crippen molar-refractivity contribution in [2.24, 2.45) is 0 Å². The van der Waals surface area contributed by atoms with Crippen LogP contribution in [0, 0.1) is 5.82 Å². The Morgan fingerprint density at radius 1 is 1.29 bits per heavy atom. The molecule has 2 aromatic rings. The topological polar surface area (TPSA) is 59.2 Å². The highest BCUT2D eigenvalue weighted by Gasteiger charge is 2.26. The van der Waals surface area contributed by atoms with Crippen LogP contribution < -0.4 is 0 Å². The second-order valence-electron chi connectivity index (χ2n) is 5.28. The van der Waals surface area contributed by atoms with Gasteiger partial charge in [0.05, 0.1) is 12.5 Å². The molecular weight excluding hydrogens is 291 g/mol. The number of nitrogens with zero attached hydrogens (tertiary/aromatic N) is 2. The number of thioether (sulfide) groups is 1. The SMILES string of the molecule is OC1CCCCC1Sc1nnc(Cc2cccc(F)c2)o1. The number of hydrogen-bond acceptors (Lipinski definition) is 5.